The Morgan fingerprint density at radius 1 is 0.452 bits per heavy atom. The van der Waals surface area contributed by atoms with Crippen molar-refractivity contribution in [1.29, 1.82) is 0 Å². The Morgan fingerprint density at radius 2 is 0.806 bits per heavy atom. The molecule has 6 heteroatoms. The van der Waals surface area contributed by atoms with Crippen molar-refractivity contribution in [1.82, 2.24) is 5.32 Å². The fourth-order valence-electron chi connectivity index (χ4n) is 7.89. The number of rotatable bonds is 49. The molecule has 0 aliphatic rings. The van der Waals surface area contributed by atoms with E-state index in [1.807, 2.05) is 6.08 Å². The summed E-state index contributed by atoms with van der Waals surface area (Å²) in [7, 11) is 0. The van der Waals surface area contributed by atoms with Crippen molar-refractivity contribution in [3.8, 4) is 0 Å². The van der Waals surface area contributed by atoms with Gasteiger partial charge in [0.25, 0.3) is 0 Å². The van der Waals surface area contributed by atoms with Gasteiger partial charge in [0.05, 0.1) is 25.4 Å². The van der Waals surface area contributed by atoms with Crippen LogP contribution in [0.15, 0.2) is 48.6 Å². The van der Waals surface area contributed by atoms with E-state index in [0.717, 1.165) is 83.5 Å². The Hall–Kier alpha value is -2.18. The van der Waals surface area contributed by atoms with Crippen LogP contribution in [0, 0.1) is 0 Å². The predicted octanol–water partition coefficient (Wildman–Crippen LogP) is 16.2. The molecule has 0 bridgehead atoms. The van der Waals surface area contributed by atoms with E-state index in [9.17, 15) is 19.8 Å². The number of carbonyl (C=O) groups excluding carboxylic acids is 2. The van der Waals surface area contributed by atoms with Gasteiger partial charge in [0.2, 0.25) is 5.91 Å². The van der Waals surface area contributed by atoms with E-state index >= 15 is 0 Å². The SMILES string of the molecule is CCCCC/C=C\C/C=C\CCCCCCCCCCCC(=O)OCCCC/C=C\CCCCCCC(=O)NC(CO)C(O)/C=C/CCCCCCCCCCCCCCCC. The van der Waals surface area contributed by atoms with Crippen molar-refractivity contribution in [3.63, 3.8) is 0 Å². The largest absolute Gasteiger partial charge is 0.466 e. The molecule has 0 saturated heterocycles. The first-order chi connectivity index (χ1) is 30.5. The van der Waals surface area contributed by atoms with Crippen LogP contribution >= 0.6 is 0 Å². The van der Waals surface area contributed by atoms with Gasteiger partial charge in [0.1, 0.15) is 0 Å². The number of ether oxygens (including phenoxy) is 1. The number of esters is 1. The smallest absolute Gasteiger partial charge is 0.305 e. The zero-order chi connectivity index (χ0) is 45.1. The Morgan fingerprint density at radius 3 is 1.27 bits per heavy atom. The first kappa shape index (κ1) is 59.8. The molecule has 0 heterocycles. The summed E-state index contributed by atoms with van der Waals surface area (Å²) in [5.74, 6) is -0.147. The highest BCUT2D eigenvalue weighted by molar-refractivity contribution is 5.76. The molecule has 0 aliphatic carbocycles. The Bertz CT molecular complexity index is 1050. The third kappa shape index (κ3) is 47.3. The van der Waals surface area contributed by atoms with E-state index in [-0.39, 0.29) is 18.5 Å². The first-order valence-electron chi connectivity index (χ1n) is 26.9. The van der Waals surface area contributed by atoms with Crippen LogP contribution in [0.5, 0.6) is 0 Å². The van der Waals surface area contributed by atoms with Crippen LogP contribution in [0.4, 0.5) is 0 Å². The monoisotopic (exact) mass is 870 g/mol. The van der Waals surface area contributed by atoms with Gasteiger partial charge in [-0.15, -0.1) is 0 Å². The quantitative estimate of drug-likeness (QED) is 0.0322. The molecule has 362 valence electrons. The maximum absolute atomic E-state index is 12.4. The van der Waals surface area contributed by atoms with Gasteiger partial charge in [-0.1, -0.05) is 217 Å². The zero-order valence-electron chi connectivity index (χ0n) is 41.1. The summed E-state index contributed by atoms with van der Waals surface area (Å²) in [6, 6.07) is -0.654. The van der Waals surface area contributed by atoms with Crippen LogP contribution in [0.2, 0.25) is 0 Å². The predicted molar refractivity (Wildman–Crippen MR) is 269 cm³/mol. The summed E-state index contributed by atoms with van der Waals surface area (Å²) in [5.41, 5.74) is 0. The van der Waals surface area contributed by atoms with E-state index in [4.69, 9.17) is 4.74 Å². The summed E-state index contributed by atoms with van der Waals surface area (Å²) in [6.45, 7) is 4.78. The zero-order valence-corrected chi connectivity index (χ0v) is 41.1. The fraction of sp³-hybridized carbons (Fsp3) is 0.821. The fourth-order valence-corrected chi connectivity index (χ4v) is 7.89. The number of hydrogen-bond donors (Lipinski definition) is 3. The highest BCUT2D eigenvalue weighted by Crippen LogP contribution is 2.15. The van der Waals surface area contributed by atoms with Crippen molar-refractivity contribution >= 4 is 11.9 Å². The van der Waals surface area contributed by atoms with Crippen LogP contribution in [-0.2, 0) is 14.3 Å². The second-order valence-corrected chi connectivity index (χ2v) is 18.2. The molecule has 0 aliphatic heterocycles. The molecular formula is C56H103NO5. The van der Waals surface area contributed by atoms with Gasteiger partial charge in [-0.05, 0) is 89.9 Å². The van der Waals surface area contributed by atoms with Crippen molar-refractivity contribution in [2.75, 3.05) is 13.2 Å². The van der Waals surface area contributed by atoms with Gasteiger partial charge < -0.3 is 20.3 Å². The summed E-state index contributed by atoms with van der Waals surface area (Å²) in [4.78, 5) is 24.5. The summed E-state index contributed by atoms with van der Waals surface area (Å²) < 4.78 is 5.44. The highest BCUT2D eigenvalue weighted by Gasteiger charge is 2.18. The molecule has 2 unspecified atom stereocenters. The number of hydrogen-bond acceptors (Lipinski definition) is 5. The Balaban J connectivity index is 3.55. The lowest BCUT2D eigenvalue weighted by molar-refractivity contribution is -0.143. The van der Waals surface area contributed by atoms with Crippen molar-refractivity contribution in [2.24, 2.45) is 0 Å². The van der Waals surface area contributed by atoms with Crippen molar-refractivity contribution < 1.29 is 24.5 Å². The molecule has 0 rings (SSSR count). The molecular weight excluding hydrogens is 767 g/mol. The summed E-state index contributed by atoms with van der Waals surface area (Å²) >= 11 is 0. The van der Waals surface area contributed by atoms with Crippen LogP contribution in [-0.4, -0.2) is 47.4 Å². The highest BCUT2D eigenvalue weighted by atomic mass is 16.5. The molecule has 0 spiro atoms. The van der Waals surface area contributed by atoms with Gasteiger partial charge in [-0.2, -0.15) is 0 Å². The number of amides is 1. The summed E-state index contributed by atoms with van der Waals surface area (Å²) in [5, 5.41) is 23.1. The Kier molecular flexibility index (Phi) is 49.6. The number of aliphatic hydroxyl groups is 2. The maximum Gasteiger partial charge on any atom is 0.305 e. The van der Waals surface area contributed by atoms with E-state index in [1.54, 1.807) is 6.08 Å². The first-order valence-corrected chi connectivity index (χ1v) is 26.9. The minimum absolute atomic E-state index is 0.0428. The lowest BCUT2D eigenvalue weighted by atomic mass is 10.0. The number of carbonyl (C=O) groups is 2. The van der Waals surface area contributed by atoms with Crippen LogP contribution in [0.3, 0.4) is 0 Å². The molecule has 2 atom stereocenters. The average Bonchev–Trinajstić information content (AvgIpc) is 3.27. The van der Waals surface area contributed by atoms with Gasteiger partial charge in [0, 0.05) is 12.8 Å². The molecule has 1 amide bonds. The average molecular weight is 870 g/mol. The standard InChI is InChI=1S/C56H103NO5/c1-3-5-7-9-11-13-15-17-19-21-22-23-25-27-29-34-38-42-46-50-56(61)62-51-47-43-39-35-31-30-33-37-41-45-49-55(60)57-53(52-58)54(59)48-44-40-36-32-28-26-24-20-18-16-14-12-10-8-6-4-2/h11,13,17,19,31,35,44,48,53-54,58-59H,3-10,12,14-16,18,20-30,32-34,36-43,45-47,49-52H2,1-2H3,(H,57,60)/b13-11-,19-17-,35-31-,48-44+. The third-order valence-electron chi connectivity index (χ3n) is 12.1. The maximum atomic E-state index is 12.4. The molecule has 62 heavy (non-hydrogen) atoms. The van der Waals surface area contributed by atoms with Crippen LogP contribution < -0.4 is 5.32 Å². The van der Waals surface area contributed by atoms with Gasteiger partial charge in [0.15, 0.2) is 0 Å². The van der Waals surface area contributed by atoms with E-state index in [0.29, 0.717) is 19.4 Å². The topological polar surface area (TPSA) is 95.9 Å². The van der Waals surface area contributed by atoms with Crippen molar-refractivity contribution in [2.45, 2.75) is 283 Å². The molecule has 0 fully saturated rings. The second kappa shape index (κ2) is 51.5. The second-order valence-electron chi connectivity index (χ2n) is 18.2. The lowest BCUT2D eigenvalue weighted by Crippen LogP contribution is -2.45. The molecule has 0 aromatic rings. The van der Waals surface area contributed by atoms with Gasteiger partial charge in [-0.3, -0.25) is 9.59 Å². The molecule has 3 N–H and O–H groups in total. The van der Waals surface area contributed by atoms with E-state index < -0.39 is 12.1 Å². The number of nitrogens with one attached hydrogen (secondary N) is 1. The number of unbranched alkanes of at least 4 members (excludes halogenated alkanes) is 32. The summed E-state index contributed by atoms with van der Waals surface area (Å²) in [6.07, 6.45) is 64.0. The lowest BCUT2D eigenvalue weighted by Gasteiger charge is -2.20. The van der Waals surface area contributed by atoms with E-state index in [2.05, 4.69) is 55.6 Å². The third-order valence-corrected chi connectivity index (χ3v) is 12.1. The molecule has 0 saturated carbocycles. The van der Waals surface area contributed by atoms with Crippen LogP contribution in [0.25, 0.3) is 0 Å². The molecule has 0 radical (unpaired) electrons. The van der Waals surface area contributed by atoms with Crippen molar-refractivity contribution in [3.05, 3.63) is 48.6 Å². The van der Waals surface area contributed by atoms with Crippen LogP contribution in [0.1, 0.15) is 271 Å². The normalized spacial score (nSPS) is 13.0. The minimum Gasteiger partial charge on any atom is -0.466 e. The van der Waals surface area contributed by atoms with Gasteiger partial charge in [-0.25, -0.2) is 0 Å². The molecule has 0 aromatic carbocycles. The molecule has 6 nitrogen and oxygen atoms in total. The minimum atomic E-state index is -0.867. The van der Waals surface area contributed by atoms with Gasteiger partial charge >= 0.3 is 5.97 Å². The van der Waals surface area contributed by atoms with E-state index in [1.165, 1.54) is 161 Å². The Labute approximate surface area is 385 Å². The molecule has 0 aromatic heterocycles. The number of aliphatic hydroxyl groups excluding tert-OH is 2. The number of allylic oxidation sites excluding steroid dienone is 7.